The van der Waals surface area contributed by atoms with Gasteiger partial charge in [-0.2, -0.15) is 5.10 Å². The number of aromatic nitrogens is 9. The quantitative estimate of drug-likeness (QED) is 0.131. The Morgan fingerprint density at radius 1 is 0.758 bits per heavy atom. The summed E-state index contributed by atoms with van der Waals surface area (Å²) in [6.45, 7) is 7.27. The van der Waals surface area contributed by atoms with Crippen LogP contribution in [0.1, 0.15) is 80.4 Å². The zero-order valence-corrected chi connectivity index (χ0v) is 34.9. The van der Waals surface area contributed by atoms with Crippen molar-refractivity contribution in [3.05, 3.63) is 125 Å². The first-order valence-electron chi connectivity index (χ1n) is 20.7. The summed E-state index contributed by atoms with van der Waals surface area (Å²) in [6.07, 6.45) is 15.5. The van der Waals surface area contributed by atoms with E-state index in [1.165, 1.54) is 0 Å². The van der Waals surface area contributed by atoms with Crippen LogP contribution in [0.2, 0.25) is 0 Å². The lowest BCUT2D eigenvalue weighted by atomic mass is 9.91. The van der Waals surface area contributed by atoms with Crippen molar-refractivity contribution in [3.8, 4) is 17.4 Å². The number of nitrogens with zero attached hydrogens (tertiary/aromatic N) is 10. The van der Waals surface area contributed by atoms with E-state index < -0.39 is 0 Å². The zero-order chi connectivity index (χ0) is 42.8. The van der Waals surface area contributed by atoms with E-state index in [-0.39, 0.29) is 54.4 Å². The van der Waals surface area contributed by atoms with Crippen molar-refractivity contribution in [2.75, 3.05) is 49.6 Å². The van der Waals surface area contributed by atoms with Gasteiger partial charge in [0.25, 0.3) is 11.8 Å². The number of carbonyl (C=O) groups is 2. The van der Waals surface area contributed by atoms with Crippen molar-refractivity contribution in [3.63, 3.8) is 0 Å². The van der Waals surface area contributed by atoms with Crippen molar-refractivity contribution < 1.29 is 23.8 Å². The van der Waals surface area contributed by atoms with Gasteiger partial charge in [-0.15, -0.1) is 20.4 Å². The Kier molecular flexibility index (Phi) is 13.0. The molecule has 2 saturated heterocycles. The van der Waals surface area contributed by atoms with Crippen LogP contribution >= 0.6 is 0 Å². The van der Waals surface area contributed by atoms with Gasteiger partial charge in [0.1, 0.15) is 23.7 Å². The number of hydrogen-bond acceptors (Lipinski definition) is 15. The standard InChI is InChI=1S/C44H49N13O5/c1-28-19-38(52-54-41(28)56-15-9-32(10-16-56)61-34-5-4-13-45-24-34)43(58)48-21-30-8-14-46-26-36(30)37(31-22-50-51-23-31)27-49-44(59)39-20-29(2)42(55-53-39)57-17-11-33(12-18-57)62-35-6-7-40(60-3)47-25-35/h4-8,13-14,19-20,22-26,32-33,37H,9-12,15-18,21,27H2,1-3H3,(H,48,58)(H,49,59)(H,50,51). The van der Waals surface area contributed by atoms with E-state index in [2.05, 4.69) is 66.0 Å². The lowest BCUT2D eigenvalue weighted by Gasteiger charge is -2.33. The minimum atomic E-state index is -0.362. The number of nitrogens with one attached hydrogen (secondary N) is 3. The average Bonchev–Trinajstić information content (AvgIpc) is 3.85. The molecular formula is C44H49N13O5. The average molecular weight is 840 g/mol. The molecule has 6 aromatic heterocycles. The van der Waals surface area contributed by atoms with Crippen molar-refractivity contribution >= 4 is 23.5 Å². The molecule has 0 saturated carbocycles. The summed E-state index contributed by atoms with van der Waals surface area (Å²) in [4.78, 5) is 44.1. The molecular weight excluding hydrogens is 791 g/mol. The third kappa shape index (κ3) is 10.0. The predicted molar refractivity (Wildman–Crippen MR) is 228 cm³/mol. The molecule has 0 radical (unpaired) electrons. The Bertz CT molecular complexity index is 2420. The number of aryl methyl sites for hydroxylation is 2. The fourth-order valence-corrected chi connectivity index (χ4v) is 7.85. The molecule has 320 valence electrons. The Labute approximate surface area is 358 Å². The van der Waals surface area contributed by atoms with Crippen LogP contribution in [0.15, 0.2) is 85.8 Å². The summed E-state index contributed by atoms with van der Waals surface area (Å²) in [7, 11) is 1.58. The van der Waals surface area contributed by atoms with Crippen LogP contribution in [-0.2, 0) is 6.54 Å². The molecule has 18 heteroatoms. The number of anilines is 2. The fourth-order valence-electron chi connectivity index (χ4n) is 7.85. The normalized spacial score (nSPS) is 15.1. The van der Waals surface area contributed by atoms with E-state index in [4.69, 9.17) is 14.2 Å². The largest absolute Gasteiger partial charge is 0.489 e. The van der Waals surface area contributed by atoms with Gasteiger partial charge in [-0.05, 0) is 78.1 Å². The molecule has 18 nitrogen and oxygen atoms in total. The predicted octanol–water partition coefficient (Wildman–Crippen LogP) is 4.39. The maximum absolute atomic E-state index is 13.6. The molecule has 2 fully saturated rings. The van der Waals surface area contributed by atoms with E-state index in [0.717, 1.165) is 97.1 Å². The van der Waals surface area contributed by atoms with Crippen LogP contribution in [0.25, 0.3) is 0 Å². The number of H-pyrrole nitrogens is 1. The summed E-state index contributed by atoms with van der Waals surface area (Å²) in [5.74, 6) is 2.45. The molecule has 0 bridgehead atoms. The highest BCUT2D eigenvalue weighted by atomic mass is 16.5. The van der Waals surface area contributed by atoms with Crippen LogP contribution < -0.4 is 34.6 Å². The van der Waals surface area contributed by atoms with Gasteiger partial charge in [0.15, 0.2) is 23.0 Å². The van der Waals surface area contributed by atoms with Gasteiger partial charge in [-0.1, -0.05) is 0 Å². The van der Waals surface area contributed by atoms with Crippen LogP contribution in [0.3, 0.4) is 0 Å². The molecule has 0 spiro atoms. The van der Waals surface area contributed by atoms with Crippen LogP contribution in [0, 0.1) is 13.8 Å². The summed E-state index contributed by atoms with van der Waals surface area (Å²) >= 11 is 0. The highest BCUT2D eigenvalue weighted by molar-refractivity contribution is 5.93. The van der Waals surface area contributed by atoms with Crippen LogP contribution in [0.4, 0.5) is 11.6 Å². The smallest absolute Gasteiger partial charge is 0.272 e. The Hall–Kier alpha value is -7.24. The molecule has 0 aromatic carbocycles. The maximum atomic E-state index is 13.6. The molecule has 2 amide bonds. The number of methoxy groups -OCH3 is 1. The Morgan fingerprint density at radius 2 is 1.39 bits per heavy atom. The third-order valence-electron chi connectivity index (χ3n) is 11.2. The first-order valence-corrected chi connectivity index (χ1v) is 20.7. The second-order valence-electron chi connectivity index (χ2n) is 15.4. The number of pyridine rings is 3. The van der Waals surface area contributed by atoms with Crippen molar-refractivity contribution in [1.29, 1.82) is 0 Å². The molecule has 2 aliphatic heterocycles. The summed E-state index contributed by atoms with van der Waals surface area (Å²) < 4.78 is 17.4. The van der Waals surface area contributed by atoms with Gasteiger partial charge in [-0.3, -0.25) is 24.7 Å². The van der Waals surface area contributed by atoms with Gasteiger partial charge >= 0.3 is 0 Å². The molecule has 8 heterocycles. The summed E-state index contributed by atoms with van der Waals surface area (Å²) in [5, 5.41) is 30.7. The van der Waals surface area contributed by atoms with E-state index in [1.807, 2.05) is 38.1 Å². The molecule has 3 N–H and O–H groups in total. The second-order valence-corrected chi connectivity index (χ2v) is 15.4. The molecule has 0 aliphatic carbocycles. The minimum absolute atomic E-state index is 0.0513. The number of carbonyl (C=O) groups excluding carboxylic acids is 2. The number of rotatable bonds is 15. The highest BCUT2D eigenvalue weighted by Gasteiger charge is 2.27. The van der Waals surface area contributed by atoms with Crippen LogP contribution in [-0.4, -0.2) is 109 Å². The fraction of sp³-hybridized carbons (Fsp3) is 0.364. The van der Waals surface area contributed by atoms with E-state index in [9.17, 15) is 9.59 Å². The summed E-state index contributed by atoms with van der Waals surface area (Å²) in [6, 6.07) is 12.8. The molecule has 6 aromatic rings. The monoisotopic (exact) mass is 839 g/mol. The van der Waals surface area contributed by atoms with Gasteiger partial charge in [-0.25, -0.2) is 4.98 Å². The van der Waals surface area contributed by atoms with Gasteiger partial charge in [0.05, 0.1) is 25.7 Å². The first-order chi connectivity index (χ1) is 30.3. The number of hydrogen-bond donors (Lipinski definition) is 3. The van der Waals surface area contributed by atoms with Gasteiger partial charge in [0.2, 0.25) is 5.88 Å². The Balaban J connectivity index is 0.858. The van der Waals surface area contributed by atoms with Crippen LogP contribution in [0.5, 0.6) is 17.4 Å². The van der Waals surface area contributed by atoms with Crippen molar-refractivity contribution in [1.82, 2.24) is 56.2 Å². The lowest BCUT2D eigenvalue weighted by molar-refractivity contribution is 0.0938. The van der Waals surface area contributed by atoms with Crippen molar-refractivity contribution in [2.45, 2.75) is 64.2 Å². The van der Waals surface area contributed by atoms with Gasteiger partial charge < -0.3 is 34.6 Å². The van der Waals surface area contributed by atoms with E-state index in [1.54, 1.807) is 68.7 Å². The lowest BCUT2D eigenvalue weighted by Crippen LogP contribution is -2.39. The van der Waals surface area contributed by atoms with E-state index >= 15 is 0 Å². The molecule has 1 unspecified atom stereocenters. The van der Waals surface area contributed by atoms with E-state index in [0.29, 0.717) is 11.6 Å². The molecule has 1 atom stereocenters. The topological polar surface area (TPSA) is 211 Å². The first kappa shape index (κ1) is 41.5. The molecule has 8 rings (SSSR count). The summed E-state index contributed by atoms with van der Waals surface area (Å²) in [5.41, 5.74) is 4.62. The molecule has 62 heavy (non-hydrogen) atoms. The maximum Gasteiger partial charge on any atom is 0.272 e. The number of ether oxygens (including phenoxy) is 3. The van der Waals surface area contributed by atoms with Gasteiger partial charge in [0, 0.05) is 102 Å². The number of aromatic amines is 1. The highest BCUT2D eigenvalue weighted by Crippen LogP contribution is 2.28. The minimum Gasteiger partial charge on any atom is -0.489 e. The Morgan fingerprint density at radius 3 is 1.94 bits per heavy atom. The van der Waals surface area contributed by atoms with Crippen molar-refractivity contribution in [2.24, 2.45) is 0 Å². The third-order valence-corrected chi connectivity index (χ3v) is 11.2. The zero-order valence-electron chi connectivity index (χ0n) is 34.9. The second kappa shape index (κ2) is 19.4. The number of amides is 2. The molecule has 2 aliphatic rings. The number of piperidine rings is 2. The SMILES string of the molecule is COc1ccc(OC2CCN(c3nnc(C(=O)NCC(c4cn[nH]c4)c4cnccc4CNC(=O)c4cc(C)c(N5CCC(Oc6cccnc6)CC5)nn4)cc3C)CC2)cn1.